The third-order valence-corrected chi connectivity index (χ3v) is 14.2. The minimum absolute atomic E-state index is 0.0557. The fourth-order valence-corrected chi connectivity index (χ4v) is 9.50. The van der Waals surface area contributed by atoms with E-state index in [9.17, 15) is 50.4 Å². The Balaban J connectivity index is 1.58. The Bertz CT molecular complexity index is 1360. The van der Waals surface area contributed by atoms with Crippen LogP contribution in [0.15, 0.2) is 0 Å². The summed E-state index contributed by atoms with van der Waals surface area (Å²) in [7, 11) is 0. The molecule has 18 nitrogen and oxygen atoms in total. The number of nitrogens with one attached hydrogen (secondary N) is 1. The summed E-state index contributed by atoms with van der Waals surface area (Å²) < 4.78 is 35.3. The summed E-state index contributed by atoms with van der Waals surface area (Å²) in [6.45, 7) is 6.61. The fraction of sp³-hybridized carbons (Fsp3) is 0.962. The van der Waals surface area contributed by atoms with Crippen LogP contribution in [0, 0.1) is 0 Å². The maximum absolute atomic E-state index is 13.7. The number of rotatable bonds is 38. The molecule has 3 rings (SSSR count). The van der Waals surface area contributed by atoms with Gasteiger partial charge in [0.1, 0.15) is 61.0 Å². The van der Waals surface area contributed by atoms with E-state index in [2.05, 4.69) is 19.2 Å². The monoisotopic (exact) mass is 1010 g/mol. The maximum Gasteiger partial charge on any atom is 0.239 e. The second-order valence-corrected chi connectivity index (χ2v) is 20.2. The predicted octanol–water partition coefficient (Wildman–Crippen LogP) is 4.63. The molecule has 0 aromatic carbocycles. The van der Waals surface area contributed by atoms with E-state index in [1.54, 1.807) is 0 Å². The van der Waals surface area contributed by atoms with Crippen LogP contribution < -0.4 is 5.32 Å². The number of carbonyl (C=O) groups is 2. The smallest absolute Gasteiger partial charge is 0.239 e. The molecule has 3 aliphatic heterocycles. The summed E-state index contributed by atoms with van der Waals surface area (Å²) in [6.07, 6.45) is 7.21. The SMILES string of the molecule is CCCCCCCCCCCCCCCCCCNC(=O)CN(CCO[C@@H]1O[C@H](CO)[C@@H](O[C@@H]2O[C@@H](C)[C@H](O)[C@@H](O)[C@H]2O)[C@H](O)[C@H]1O[C@@H]1O[C@@H](C)[C@H](O)[C@@H](O)[C@H]1O)C(=O)CCCCCCCCCCC. The summed E-state index contributed by atoms with van der Waals surface area (Å²) in [4.78, 5) is 28.4. The summed E-state index contributed by atoms with van der Waals surface area (Å²) in [5.74, 6) is -0.527. The van der Waals surface area contributed by atoms with Gasteiger partial charge in [0.05, 0.1) is 32.0 Å². The van der Waals surface area contributed by atoms with Crippen LogP contribution in [0.3, 0.4) is 0 Å². The van der Waals surface area contributed by atoms with Gasteiger partial charge >= 0.3 is 0 Å². The number of ether oxygens (including phenoxy) is 6. The fourth-order valence-electron chi connectivity index (χ4n) is 9.50. The summed E-state index contributed by atoms with van der Waals surface area (Å²) >= 11 is 0. The van der Waals surface area contributed by atoms with Crippen molar-refractivity contribution in [3.8, 4) is 0 Å². The van der Waals surface area contributed by atoms with Crippen molar-refractivity contribution in [2.24, 2.45) is 0 Å². The molecule has 0 aromatic heterocycles. The average Bonchev–Trinajstić information content (AvgIpc) is 3.34. The van der Waals surface area contributed by atoms with Crippen molar-refractivity contribution in [3.63, 3.8) is 0 Å². The van der Waals surface area contributed by atoms with Gasteiger partial charge in [0.15, 0.2) is 18.9 Å². The quantitative estimate of drug-likeness (QED) is 0.0382. The van der Waals surface area contributed by atoms with E-state index in [4.69, 9.17) is 28.4 Å². The highest BCUT2D eigenvalue weighted by Crippen LogP contribution is 2.33. The van der Waals surface area contributed by atoms with Gasteiger partial charge in [-0.1, -0.05) is 162 Å². The zero-order chi connectivity index (χ0) is 51.3. The van der Waals surface area contributed by atoms with E-state index in [0.29, 0.717) is 13.0 Å². The largest absolute Gasteiger partial charge is 0.394 e. The van der Waals surface area contributed by atoms with Gasteiger partial charge in [-0.2, -0.15) is 0 Å². The minimum Gasteiger partial charge on any atom is -0.394 e. The van der Waals surface area contributed by atoms with Gasteiger partial charge in [0.25, 0.3) is 0 Å². The molecule has 0 aliphatic carbocycles. The summed E-state index contributed by atoms with van der Waals surface area (Å²) in [5, 5.41) is 88.3. The van der Waals surface area contributed by atoms with Crippen molar-refractivity contribution in [1.82, 2.24) is 10.2 Å². The molecular formula is C52H98N2O16. The Morgan fingerprint density at radius 2 is 0.914 bits per heavy atom. The normalized spacial score (nSPS) is 31.5. The van der Waals surface area contributed by atoms with E-state index in [1.807, 2.05) is 0 Å². The zero-order valence-corrected chi connectivity index (χ0v) is 43.4. The first-order chi connectivity index (χ1) is 33.7. The highest BCUT2D eigenvalue weighted by atomic mass is 16.8. The van der Waals surface area contributed by atoms with Crippen molar-refractivity contribution in [2.45, 2.75) is 287 Å². The Morgan fingerprint density at radius 3 is 1.36 bits per heavy atom. The van der Waals surface area contributed by atoms with Crippen molar-refractivity contribution >= 4 is 11.8 Å². The molecule has 0 bridgehead atoms. The average molecular weight is 1010 g/mol. The first kappa shape index (κ1) is 62.7. The number of amides is 2. The number of carbonyl (C=O) groups excluding carboxylic acids is 2. The van der Waals surface area contributed by atoms with Gasteiger partial charge in [-0.05, 0) is 26.7 Å². The predicted molar refractivity (Wildman–Crippen MR) is 263 cm³/mol. The second-order valence-electron chi connectivity index (χ2n) is 20.2. The summed E-state index contributed by atoms with van der Waals surface area (Å²) in [6, 6.07) is 0. The minimum atomic E-state index is -1.79. The van der Waals surface area contributed by atoms with Crippen LogP contribution in [-0.2, 0) is 38.0 Å². The third kappa shape index (κ3) is 22.5. The lowest BCUT2D eigenvalue weighted by atomic mass is 9.96. The molecule has 3 heterocycles. The highest BCUT2D eigenvalue weighted by molar-refractivity contribution is 5.84. The van der Waals surface area contributed by atoms with Crippen LogP contribution in [0.25, 0.3) is 0 Å². The first-order valence-electron chi connectivity index (χ1n) is 27.6. The molecular weight excluding hydrogens is 909 g/mol. The number of unbranched alkanes of at least 4 members (excludes halogenated alkanes) is 23. The third-order valence-electron chi connectivity index (χ3n) is 14.2. The molecule has 0 aromatic rings. The second kappa shape index (κ2) is 36.3. The number of aliphatic hydroxyl groups excluding tert-OH is 8. The lowest BCUT2D eigenvalue weighted by molar-refractivity contribution is -0.384. The molecule has 9 N–H and O–H groups in total. The van der Waals surface area contributed by atoms with Crippen molar-refractivity contribution in [3.05, 3.63) is 0 Å². The Labute approximate surface area is 419 Å². The van der Waals surface area contributed by atoms with Crippen molar-refractivity contribution in [2.75, 3.05) is 32.8 Å². The first-order valence-corrected chi connectivity index (χ1v) is 27.6. The number of hydrogen-bond donors (Lipinski definition) is 9. The van der Waals surface area contributed by atoms with Crippen molar-refractivity contribution < 1.29 is 78.9 Å². The molecule has 70 heavy (non-hydrogen) atoms. The molecule has 0 unspecified atom stereocenters. The molecule has 3 saturated heterocycles. The van der Waals surface area contributed by atoms with Crippen LogP contribution in [0.2, 0.25) is 0 Å². The van der Waals surface area contributed by atoms with Crippen LogP contribution in [0.1, 0.15) is 195 Å². The number of hydrogen-bond acceptors (Lipinski definition) is 16. The van der Waals surface area contributed by atoms with Gasteiger partial charge in [-0.3, -0.25) is 9.59 Å². The number of nitrogens with zero attached hydrogens (tertiary/aromatic N) is 1. The van der Waals surface area contributed by atoms with Crippen LogP contribution in [-0.4, -0.2) is 183 Å². The van der Waals surface area contributed by atoms with E-state index in [-0.39, 0.29) is 37.9 Å². The Morgan fingerprint density at radius 1 is 0.500 bits per heavy atom. The van der Waals surface area contributed by atoms with E-state index in [0.717, 1.165) is 38.5 Å². The Kier molecular flexibility index (Phi) is 32.5. The molecule has 3 aliphatic rings. The molecule has 0 radical (unpaired) electrons. The zero-order valence-electron chi connectivity index (χ0n) is 43.4. The van der Waals surface area contributed by atoms with Gasteiger partial charge in [-0.25, -0.2) is 0 Å². The molecule has 18 heteroatoms. The van der Waals surface area contributed by atoms with Gasteiger partial charge < -0.3 is 79.5 Å². The Hall–Kier alpha value is -1.62. The lowest BCUT2D eigenvalue weighted by Crippen LogP contribution is -2.66. The van der Waals surface area contributed by atoms with Crippen molar-refractivity contribution in [1.29, 1.82) is 0 Å². The molecule has 2 amide bonds. The maximum atomic E-state index is 13.7. The van der Waals surface area contributed by atoms with Gasteiger partial charge in [0, 0.05) is 19.5 Å². The van der Waals surface area contributed by atoms with E-state index in [1.165, 1.54) is 134 Å². The van der Waals surface area contributed by atoms with Crippen LogP contribution in [0.5, 0.6) is 0 Å². The molecule has 3 fully saturated rings. The summed E-state index contributed by atoms with van der Waals surface area (Å²) in [5.41, 5.74) is 0. The molecule has 412 valence electrons. The van der Waals surface area contributed by atoms with Gasteiger partial charge in [-0.15, -0.1) is 0 Å². The molecule has 15 atom stereocenters. The van der Waals surface area contributed by atoms with Crippen LogP contribution >= 0.6 is 0 Å². The molecule has 0 saturated carbocycles. The van der Waals surface area contributed by atoms with E-state index >= 15 is 0 Å². The van der Waals surface area contributed by atoms with Crippen LogP contribution in [0.4, 0.5) is 0 Å². The topological polar surface area (TPSA) is 267 Å². The lowest BCUT2D eigenvalue weighted by Gasteiger charge is -2.48. The highest BCUT2D eigenvalue weighted by Gasteiger charge is 2.53. The standard InChI is InChI=1S/C52H98N2O16/c1-5-7-9-11-13-15-16-17-18-19-20-21-23-25-27-29-31-53-39(56)34-54(40(57)30-28-26-24-22-14-12-10-8-6-2)32-33-65-52-49(70-51-46(63)44(61)42(59)37(4)67-51)47(64)48(38(35-55)68-52)69-50-45(62)43(60)41(58)36(3)66-50/h36-38,41-52,55,58-64H,5-35H2,1-4H3,(H,53,56)/t36-,37-,38+,41-,42-,43+,44+,45+,46+,47-,48+,49+,50-,51-,52+/m0/s1. The number of aliphatic hydroxyl groups is 8. The van der Waals surface area contributed by atoms with Gasteiger partial charge in [0.2, 0.25) is 11.8 Å². The van der Waals surface area contributed by atoms with E-state index < -0.39 is 98.7 Å². The molecule has 0 spiro atoms.